The first-order chi connectivity index (χ1) is 7.06. The van der Waals surface area contributed by atoms with Crippen LogP contribution in [0.3, 0.4) is 0 Å². The van der Waals surface area contributed by atoms with Crippen LogP contribution in [0.4, 0.5) is 0 Å². The lowest BCUT2D eigenvalue weighted by Gasteiger charge is -2.18. The Morgan fingerprint density at radius 1 is 1.53 bits per heavy atom. The molecule has 3 nitrogen and oxygen atoms in total. The summed E-state index contributed by atoms with van der Waals surface area (Å²) in [7, 11) is 1.94. The summed E-state index contributed by atoms with van der Waals surface area (Å²) in [5.41, 5.74) is 1.13. The van der Waals surface area contributed by atoms with E-state index < -0.39 is 0 Å². The van der Waals surface area contributed by atoms with E-state index in [4.69, 9.17) is 11.6 Å². The third-order valence-corrected chi connectivity index (χ3v) is 2.96. The number of halogens is 1. The molecule has 1 N–H and O–H groups in total. The SMILES string of the molecule is CCNC(C)CC(C)c1c(Cl)cnn1C. The van der Waals surface area contributed by atoms with E-state index in [9.17, 15) is 0 Å². The van der Waals surface area contributed by atoms with Crippen molar-refractivity contribution in [2.24, 2.45) is 7.05 Å². The topological polar surface area (TPSA) is 29.9 Å². The van der Waals surface area contributed by atoms with Crippen LogP contribution >= 0.6 is 11.6 Å². The maximum absolute atomic E-state index is 6.10. The molecule has 0 fully saturated rings. The Bertz CT molecular complexity index is 289. The first-order valence-corrected chi connectivity index (χ1v) is 5.84. The molecule has 0 aliphatic rings. The summed E-state index contributed by atoms with van der Waals surface area (Å²) in [5, 5.41) is 8.33. The van der Waals surface area contributed by atoms with Crippen molar-refractivity contribution in [1.82, 2.24) is 15.1 Å². The third kappa shape index (κ3) is 3.21. The number of nitrogens with one attached hydrogen (secondary N) is 1. The molecule has 1 rings (SSSR count). The molecule has 1 aromatic rings. The van der Waals surface area contributed by atoms with E-state index in [2.05, 4.69) is 31.2 Å². The number of hydrogen-bond donors (Lipinski definition) is 1. The molecule has 0 aliphatic carbocycles. The molecule has 15 heavy (non-hydrogen) atoms. The van der Waals surface area contributed by atoms with Crippen molar-refractivity contribution in [3.63, 3.8) is 0 Å². The van der Waals surface area contributed by atoms with Gasteiger partial charge in [0.1, 0.15) is 0 Å². The van der Waals surface area contributed by atoms with Crippen molar-refractivity contribution in [2.45, 2.75) is 39.2 Å². The van der Waals surface area contributed by atoms with Gasteiger partial charge in [-0.2, -0.15) is 5.10 Å². The van der Waals surface area contributed by atoms with E-state index in [0.717, 1.165) is 23.7 Å². The van der Waals surface area contributed by atoms with Crippen LogP contribution < -0.4 is 5.32 Å². The lowest BCUT2D eigenvalue weighted by Crippen LogP contribution is -2.27. The molecule has 1 aromatic heterocycles. The summed E-state index contributed by atoms with van der Waals surface area (Å²) >= 11 is 6.10. The molecule has 0 spiro atoms. The van der Waals surface area contributed by atoms with Gasteiger partial charge in [-0.15, -0.1) is 0 Å². The average Bonchev–Trinajstić information content (AvgIpc) is 2.46. The maximum atomic E-state index is 6.10. The fourth-order valence-electron chi connectivity index (χ4n) is 2.05. The summed E-state index contributed by atoms with van der Waals surface area (Å²) in [6, 6.07) is 0.510. The quantitative estimate of drug-likeness (QED) is 0.841. The lowest BCUT2D eigenvalue weighted by atomic mass is 9.99. The largest absolute Gasteiger partial charge is 0.315 e. The summed E-state index contributed by atoms with van der Waals surface area (Å²) in [4.78, 5) is 0. The molecule has 0 aliphatic heterocycles. The fraction of sp³-hybridized carbons (Fsp3) is 0.727. The predicted molar refractivity (Wildman–Crippen MR) is 64.4 cm³/mol. The van der Waals surface area contributed by atoms with Crippen molar-refractivity contribution in [2.75, 3.05) is 6.54 Å². The molecule has 0 saturated heterocycles. The van der Waals surface area contributed by atoms with E-state index in [0.29, 0.717) is 12.0 Å². The Kier molecular flexibility index (Phi) is 4.61. The fourth-order valence-corrected chi connectivity index (χ4v) is 2.40. The van der Waals surface area contributed by atoms with Crippen LogP contribution in [0.2, 0.25) is 5.02 Å². The second-order valence-electron chi connectivity index (χ2n) is 4.10. The molecule has 1 heterocycles. The van der Waals surface area contributed by atoms with Gasteiger partial charge in [0.15, 0.2) is 0 Å². The molecule has 0 bridgehead atoms. The van der Waals surface area contributed by atoms with Crippen LogP contribution in [-0.2, 0) is 7.05 Å². The number of aromatic nitrogens is 2. The molecule has 0 aromatic carbocycles. The lowest BCUT2D eigenvalue weighted by molar-refractivity contribution is 0.476. The minimum absolute atomic E-state index is 0.430. The number of hydrogen-bond acceptors (Lipinski definition) is 2. The first kappa shape index (κ1) is 12.5. The van der Waals surface area contributed by atoms with E-state index >= 15 is 0 Å². The van der Waals surface area contributed by atoms with Crippen LogP contribution in [0.1, 0.15) is 38.8 Å². The van der Waals surface area contributed by atoms with Crippen LogP contribution in [-0.4, -0.2) is 22.4 Å². The highest BCUT2D eigenvalue weighted by molar-refractivity contribution is 6.31. The average molecular weight is 230 g/mol. The molecule has 0 amide bonds. The smallest absolute Gasteiger partial charge is 0.0820 e. The van der Waals surface area contributed by atoms with Crippen molar-refractivity contribution < 1.29 is 0 Å². The highest BCUT2D eigenvalue weighted by Gasteiger charge is 2.16. The van der Waals surface area contributed by atoms with Crippen LogP contribution in [0, 0.1) is 0 Å². The van der Waals surface area contributed by atoms with Gasteiger partial charge in [0.05, 0.1) is 16.9 Å². The molecule has 2 unspecified atom stereocenters. The molecule has 2 atom stereocenters. The highest BCUT2D eigenvalue weighted by Crippen LogP contribution is 2.26. The van der Waals surface area contributed by atoms with Crippen molar-refractivity contribution in [3.05, 3.63) is 16.9 Å². The summed E-state index contributed by atoms with van der Waals surface area (Å²) in [6.07, 6.45) is 2.79. The van der Waals surface area contributed by atoms with Gasteiger partial charge in [-0.1, -0.05) is 25.4 Å². The minimum Gasteiger partial charge on any atom is -0.315 e. The molecule has 0 saturated carbocycles. The second kappa shape index (κ2) is 5.52. The summed E-state index contributed by atoms with van der Waals surface area (Å²) in [6.45, 7) is 7.52. The highest BCUT2D eigenvalue weighted by atomic mass is 35.5. The van der Waals surface area contributed by atoms with Gasteiger partial charge in [-0.3, -0.25) is 4.68 Å². The van der Waals surface area contributed by atoms with Gasteiger partial charge in [-0.05, 0) is 19.9 Å². The Morgan fingerprint density at radius 3 is 2.67 bits per heavy atom. The normalized spacial score (nSPS) is 15.3. The van der Waals surface area contributed by atoms with Gasteiger partial charge in [-0.25, -0.2) is 0 Å². The Labute approximate surface area is 96.8 Å². The zero-order valence-electron chi connectivity index (χ0n) is 9.92. The molecule has 0 radical (unpaired) electrons. The zero-order valence-corrected chi connectivity index (χ0v) is 10.7. The standard InChI is InChI=1S/C11H20ClN3/c1-5-13-9(3)6-8(2)11-10(12)7-14-15(11)4/h7-9,13H,5-6H2,1-4H3. The molecule has 86 valence electrons. The van der Waals surface area contributed by atoms with E-state index in [1.807, 2.05) is 11.7 Å². The number of nitrogens with zero attached hydrogens (tertiary/aromatic N) is 2. The second-order valence-corrected chi connectivity index (χ2v) is 4.50. The summed E-state index contributed by atoms with van der Waals surface area (Å²) < 4.78 is 1.87. The Balaban J connectivity index is 2.64. The van der Waals surface area contributed by atoms with Crippen molar-refractivity contribution >= 4 is 11.6 Å². The van der Waals surface area contributed by atoms with Gasteiger partial charge >= 0.3 is 0 Å². The van der Waals surface area contributed by atoms with Gasteiger partial charge in [0.25, 0.3) is 0 Å². The summed E-state index contributed by atoms with van der Waals surface area (Å²) in [5.74, 6) is 0.430. The van der Waals surface area contributed by atoms with Gasteiger partial charge in [0, 0.05) is 19.0 Å². The van der Waals surface area contributed by atoms with Gasteiger partial charge in [0.2, 0.25) is 0 Å². The molecule has 4 heteroatoms. The Morgan fingerprint density at radius 2 is 2.20 bits per heavy atom. The third-order valence-electron chi connectivity index (χ3n) is 2.66. The van der Waals surface area contributed by atoms with Crippen LogP contribution in [0.25, 0.3) is 0 Å². The molecular weight excluding hydrogens is 210 g/mol. The predicted octanol–water partition coefficient (Wildman–Crippen LogP) is 2.57. The minimum atomic E-state index is 0.430. The van der Waals surface area contributed by atoms with E-state index in [-0.39, 0.29) is 0 Å². The number of aryl methyl sites for hydroxylation is 1. The maximum Gasteiger partial charge on any atom is 0.0820 e. The zero-order chi connectivity index (χ0) is 11.4. The van der Waals surface area contributed by atoms with Crippen molar-refractivity contribution in [3.8, 4) is 0 Å². The van der Waals surface area contributed by atoms with E-state index in [1.165, 1.54) is 0 Å². The Hall–Kier alpha value is -0.540. The van der Waals surface area contributed by atoms with Crippen LogP contribution in [0.15, 0.2) is 6.20 Å². The van der Waals surface area contributed by atoms with E-state index in [1.54, 1.807) is 6.20 Å². The van der Waals surface area contributed by atoms with Crippen molar-refractivity contribution in [1.29, 1.82) is 0 Å². The number of rotatable bonds is 5. The van der Waals surface area contributed by atoms with Gasteiger partial charge < -0.3 is 5.32 Å². The molecular formula is C11H20ClN3. The van der Waals surface area contributed by atoms with Crippen LogP contribution in [0.5, 0.6) is 0 Å². The monoisotopic (exact) mass is 229 g/mol. The first-order valence-electron chi connectivity index (χ1n) is 5.47.